The minimum atomic E-state index is -0.508. The van der Waals surface area contributed by atoms with Crippen LogP contribution in [0.5, 0.6) is 0 Å². The number of carbonyl (C=O) groups is 3. The van der Waals surface area contributed by atoms with E-state index in [1.807, 2.05) is 0 Å². The van der Waals surface area contributed by atoms with Gasteiger partial charge in [0.05, 0.1) is 0 Å². The van der Waals surface area contributed by atoms with Gasteiger partial charge in [-0.05, 0) is 55.0 Å². The van der Waals surface area contributed by atoms with Crippen molar-refractivity contribution in [3.8, 4) is 0 Å². The van der Waals surface area contributed by atoms with Crippen LogP contribution < -0.4 is 16.4 Å². The molecule has 0 fully saturated rings. The first-order valence-electron chi connectivity index (χ1n) is 7.61. The van der Waals surface area contributed by atoms with Crippen LogP contribution in [-0.4, -0.2) is 24.3 Å². The monoisotopic (exact) mass is 403 g/mol. The Hall–Kier alpha value is -2.67. The smallest absolute Gasteiger partial charge is 0.251 e. The highest BCUT2D eigenvalue weighted by Crippen LogP contribution is 2.15. The second kappa shape index (κ2) is 8.43. The Morgan fingerprint density at radius 3 is 2.36 bits per heavy atom. The van der Waals surface area contributed by atoms with Crippen molar-refractivity contribution in [2.24, 2.45) is 5.73 Å². The lowest BCUT2D eigenvalue weighted by Gasteiger charge is -2.09. The molecule has 0 radical (unpaired) electrons. The number of hydrogen-bond donors (Lipinski definition) is 3. The summed E-state index contributed by atoms with van der Waals surface area (Å²) < 4.78 is 0.890. The largest absolute Gasteiger partial charge is 0.366 e. The zero-order valence-electron chi connectivity index (χ0n) is 13.6. The number of halogens is 1. The molecule has 2 aromatic carbocycles. The van der Waals surface area contributed by atoms with Crippen LogP contribution in [0.3, 0.4) is 0 Å². The fourth-order valence-electron chi connectivity index (χ4n) is 2.23. The van der Waals surface area contributed by atoms with E-state index in [-0.39, 0.29) is 24.8 Å². The highest BCUT2D eigenvalue weighted by atomic mass is 79.9. The van der Waals surface area contributed by atoms with E-state index in [0.29, 0.717) is 22.4 Å². The van der Waals surface area contributed by atoms with Crippen molar-refractivity contribution in [1.29, 1.82) is 0 Å². The molecule has 0 atom stereocenters. The predicted octanol–water partition coefficient (Wildman–Crippen LogP) is 2.62. The van der Waals surface area contributed by atoms with Crippen molar-refractivity contribution in [2.45, 2.75) is 13.3 Å². The molecule has 0 heterocycles. The molecule has 7 heteroatoms. The summed E-state index contributed by atoms with van der Waals surface area (Å²) in [6.07, 6.45) is 0.138. The van der Waals surface area contributed by atoms with Crippen LogP contribution in [0.4, 0.5) is 5.69 Å². The van der Waals surface area contributed by atoms with E-state index >= 15 is 0 Å². The third-order valence-corrected chi connectivity index (χ3v) is 4.05. The highest BCUT2D eigenvalue weighted by Gasteiger charge is 2.09. The van der Waals surface area contributed by atoms with Crippen LogP contribution in [0.15, 0.2) is 46.9 Å². The molecule has 4 N–H and O–H groups in total. The molecule has 130 valence electrons. The summed E-state index contributed by atoms with van der Waals surface area (Å²) in [5.74, 6) is -0.977. The predicted molar refractivity (Wildman–Crippen MR) is 99.4 cm³/mol. The van der Waals surface area contributed by atoms with E-state index in [1.54, 1.807) is 49.4 Å². The number of benzene rings is 2. The van der Waals surface area contributed by atoms with Crippen molar-refractivity contribution in [2.75, 3.05) is 11.9 Å². The van der Waals surface area contributed by atoms with Gasteiger partial charge in [-0.3, -0.25) is 14.4 Å². The molecule has 0 aliphatic heterocycles. The third kappa shape index (κ3) is 5.42. The first-order chi connectivity index (χ1) is 11.9. The lowest BCUT2D eigenvalue weighted by atomic mass is 10.1. The van der Waals surface area contributed by atoms with E-state index in [0.717, 1.165) is 4.47 Å². The zero-order valence-corrected chi connectivity index (χ0v) is 15.2. The van der Waals surface area contributed by atoms with Gasteiger partial charge < -0.3 is 16.4 Å². The zero-order chi connectivity index (χ0) is 18.4. The Morgan fingerprint density at radius 1 is 1.08 bits per heavy atom. The quantitative estimate of drug-likeness (QED) is 0.690. The van der Waals surface area contributed by atoms with Gasteiger partial charge in [0.1, 0.15) is 0 Å². The number of amides is 3. The van der Waals surface area contributed by atoms with Crippen molar-refractivity contribution in [3.63, 3.8) is 0 Å². The molecule has 3 amide bonds. The summed E-state index contributed by atoms with van der Waals surface area (Å²) in [5, 5.41) is 5.42. The van der Waals surface area contributed by atoms with Gasteiger partial charge in [0.2, 0.25) is 11.8 Å². The molecule has 0 aromatic heterocycles. The van der Waals surface area contributed by atoms with Crippen molar-refractivity contribution >= 4 is 39.3 Å². The van der Waals surface area contributed by atoms with Crippen LogP contribution in [-0.2, 0) is 4.79 Å². The lowest BCUT2D eigenvalue weighted by Crippen LogP contribution is -2.27. The Morgan fingerprint density at radius 2 is 1.76 bits per heavy atom. The number of rotatable bonds is 6. The van der Waals surface area contributed by atoms with Crippen molar-refractivity contribution < 1.29 is 14.4 Å². The summed E-state index contributed by atoms with van der Waals surface area (Å²) in [6, 6.07) is 11.8. The van der Waals surface area contributed by atoms with Gasteiger partial charge in [0, 0.05) is 34.3 Å². The molecule has 2 aromatic rings. The van der Waals surface area contributed by atoms with Gasteiger partial charge >= 0.3 is 0 Å². The molecule has 0 aliphatic rings. The Labute approximate surface area is 153 Å². The van der Waals surface area contributed by atoms with Crippen LogP contribution >= 0.6 is 15.9 Å². The third-order valence-electron chi connectivity index (χ3n) is 3.52. The number of hydrogen-bond acceptors (Lipinski definition) is 3. The van der Waals surface area contributed by atoms with Gasteiger partial charge in [0.25, 0.3) is 5.91 Å². The fourth-order valence-corrected chi connectivity index (χ4v) is 2.50. The maximum Gasteiger partial charge on any atom is 0.251 e. The molecule has 25 heavy (non-hydrogen) atoms. The van der Waals surface area contributed by atoms with E-state index in [9.17, 15) is 14.4 Å². The fraction of sp³-hybridized carbons (Fsp3) is 0.167. The van der Waals surface area contributed by atoms with E-state index < -0.39 is 5.91 Å². The Balaban J connectivity index is 1.82. The molecule has 0 bridgehead atoms. The lowest BCUT2D eigenvalue weighted by molar-refractivity contribution is -0.116. The molecule has 0 aliphatic carbocycles. The molecule has 0 spiro atoms. The minimum absolute atomic E-state index is 0.138. The highest BCUT2D eigenvalue weighted by molar-refractivity contribution is 9.10. The standard InChI is InChI=1S/C18H18BrN3O3/c1-11-10-14(6-7-15(11)17(20)24)22-16(23)8-9-21-18(25)12-2-4-13(19)5-3-12/h2-7,10H,8-9H2,1H3,(H2,20,24)(H,21,25)(H,22,23). The Kier molecular flexibility index (Phi) is 6.30. The maximum atomic E-state index is 11.9. The molecule has 2 rings (SSSR count). The van der Waals surface area contributed by atoms with Gasteiger partial charge in [0.15, 0.2) is 0 Å². The second-order valence-corrected chi connectivity index (χ2v) is 6.37. The van der Waals surface area contributed by atoms with Crippen molar-refractivity contribution in [3.05, 3.63) is 63.6 Å². The molecule has 0 unspecified atom stereocenters. The van der Waals surface area contributed by atoms with Crippen LogP contribution in [0, 0.1) is 6.92 Å². The average Bonchev–Trinajstić information content (AvgIpc) is 2.55. The summed E-state index contributed by atoms with van der Waals surface area (Å²) in [5.41, 5.74) is 7.46. The minimum Gasteiger partial charge on any atom is -0.366 e. The van der Waals surface area contributed by atoms with E-state index in [2.05, 4.69) is 26.6 Å². The second-order valence-electron chi connectivity index (χ2n) is 5.45. The van der Waals surface area contributed by atoms with E-state index in [4.69, 9.17) is 5.73 Å². The van der Waals surface area contributed by atoms with Crippen LogP contribution in [0.1, 0.15) is 32.7 Å². The molecular weight excluding hydrogens is 386 g/mol. The molecular formula is C18H18BrN3O3. The molecule has 6 nitrogen and oxygen atoms in total. The SMILES string of the molecule is Cc1cc(NC(=O)CCNC(=O)c2ccc(Br)cc2)ccc1C(N)=O. The maximum absolute atomic E-state index is 11.9. The topological polar surface area (TPSA) is 101 Å². The summed E-state index contributed by atoms with van der Waals surface area (Å²) in [6.45, 7) is 1.97. The van der Waals surface area contributed by atoms with E-state index in [1.165, 1.54) is 0 Å². The average molecular weight is 404 g/mol. The number of anilines is 1. The van der Waals surface area contributed by atoms with Gasteiger partial charge in [-0.15, -0.1) is 0 Å². The number of carbonyl (C=O) groups excluding carboxylic acids is 3. The number of nitrogens with two attached hydrogens (primary N) is 1. The number of nitrogens with one attached hydrogen (secondary N) is 2. The van der Waals surface area contributed by atoms with Crippen molar-refractivity contribution in [1.82, 2.24) is 5.32 Å². The Bertz CT molecular complexity index is 804. The summed E-state index contributed by atoms with van der Waals surface area (Å²) in [4.78, 5) is 35.1. The van der Waals surface area contributed by atoms with Gasteiger partial charge in [-0.2, -0.15) is 0 Å². The first-order valence-corrected chi connectivity index (χ1v) is 8.40. The van der Waals surface area contributed by atoms with Gasteiger partial charge in [-0.1, -0.05) is 15.9 Å². The molecule has 0 saturated carbocycles. The van der Waals surface area contributed by atoms with Crippen LogP contribution in [0.2, 0.25) is 0 Å². The summed E-state index contributed by atoms with van der Waals surface area (Å²) >= 11 is 3.30. The molecule has 0 saturated heterocycles. The van der Waals surface area contributed by atoms with Crippen LogP contribution in [0.25, 0.3) is 0 Å². The normalized spacial score (nSPS) is 10.2. The first kappa shape index (κ1) is 18.7. The van der Waals surface area contributed by atoms with Gasteiger partial charge in [-0.25, -0.2) is 0 Å². The number of aryl methyl sites for hydroxylation is 1. The summed E-state index contributed by atoms with van der Waals surface area (Å²) in [7, 11) is 0. The number of primary amides is 1.